The Bertz CT molecular complexity index is 1040. The number of carbonyl (C=O) groups is 1. The average molecular weight is 421 g/mol. The zero-order chi connectivity index (χ0) is 21.6. The van der Waals surface area contributed by atoms with Gasteiger partial charge in [-0.3, -0.25) is 10.2 Å². The van der Waals surface area contributed by atoms with Crippen LogP contribution in [0.5, 0.6) is 5.75 Å². The van der Waals surface area contributed by atoms with E-state index >= 15 is 0 Å². The van der Waals surface area contributed by atoms with Crippen molar-refractivity contribution in [2.75, 3.05) is 23.7 Å². The molecule has 8 heteroatoms. The van der Waals surface area contributed by atoms with Crippen molar-refractivity contribution in [1.82, 2.24) is 15.3 Å². The van der Waals surface area contributed by atoms with Gasteiger partial charge in [-0.05, 0) is 57.2 Å². The fourth-order valence-corrected chi connectivity index (χ4v) is 4.49. The zero-order valence-corrected chi connectivity index (χ0v) is 17.8. The average Bonchev–Trinajstić information content (AvgIpc) is 3.39. The number of hydrogen-bond donors (Lipinski definition) is 3. The summed E-state index contributed by atoms with van der Waals surface area (Å²) in [7, 11) is 0. The maximum absolute atomic E-state index is 11.7. The van der Waals surface area contributed by atoms with Gasteiger partial charge in [0.05, 0.1) is 11.4 Å². The SMILES string of the molecule is CC1(Oc2ccc(N)c(C(=N)c3cc(N4CCC5(CCC(=O)N5)CC4)ncn3)c2)CC1. The third kappa shape index (κ3) is 3.94. The van der Waals surface area contributed by atoms with Gasteiger partial charge in [-0.2, -0.15) is 0 Å². The van der Waals surface area contributed by atoms with E-state index < -0.39 is 0 Å². The molecule has 0 atom stereocenters. The van der Waals surface area contributed by atoms with E-state index in [0.29, 0.717) is 23.4 Å². The predicted molar refractivity (Wildman–Crippen MR) is 119 cm³/mol. The molecule has 2 saturated heterocycles. The molecule has 4 N–H and O–H groups in total. The number of amides is 1. The van der Waals surface area contributed by atoms with Crippen LogP contribution in [-0.4, -0.2) is 45.8 Å². The maximum Gasteiger partial charge on any atom is 0.220 e. The van der Waals surface area contributed by atoms with Crippen molar-refractivity contribution in [3.63, 3.8) is 0 Å². The summed E-state index contributed by atoms with van der Waals surface area (Å²) in [5, 5.41) is 11.9. The molecule has 0 radical (unpaired) electrons. The van der Waals surface area contributed by atoms with Gasteiger partial charge in [0.25, 0.3) is 0 Å². The van der Waals surface area contributed by atoms with E-state index in [0.717, 1.165) is 56.8 Å². The smallest absolute Gasteiger partial charge is 0.220 e. The first kappa shape index (κ1) is 19.8. The number of carbonyl (C=O) groups excluding carboxylic acids is 1. The van der Waals surface area contributed by atoms with E-state index in [9.17, 15) is 4.79 Å². The molecule has 0 unspecified atom stereocenters. The number of piperidine rings is 1. The molecule has 0 bridgehead atoms. The van der Waals surface area contributed by atoms with E-state index in [2.05, 4.69) is 27.1 Å². The third-order valence-electron chi connectivity index (χ3n) is 6.80. The lowest BCUT2D eigenvalue weighted by molar-refractivity contribution is -0.119. The Balaban J connectivity index is 1.33. The van der Waals surface area contributed by atoms with Crippen molar-refractivity contribution in [3.8, 4) is 5.75 Å². The lowest BCUT2D eigenvalue weighted by Gasteiger charge is -2.39. The van der Waals surface area contributed by atoms with Crippen LogP contribution in [0.3, 0.4) is 0 Å². The molecule has 1 amide bonds. The molecule has 5 rings (SSSR count). The lowest BCUT2D eigenvalue weighted by Crippen LogP contribution is -2.51. The Labute approximate surface area is 181 Å². The summed E-state index contributed by atoms with van der Waals surface area (Å²) in [5.41, 5.74) is 7.95. The molecule has 2 aliphatic heterocycles. The lowest BCUT2D eigenvalue weighted by atomic mass is 9.86. The van der Waals surface area contributed by atoms with Gasteiger partial charge in [0.1, 0.15) is 23.5 Å². The molecule has 3 heterocycles. The molecule has 1 aliphatic carbocycles. The molecule has 1 aromatic carbocycles. The van der Waals surface area contributed by atoms with Crippen molar-refractivity contribution in [3.05, 3.63) is 41.9 Å². The largest absolute Gasteiger partial charge is 0.488 e. The normalized spacial score (nSPS) is 21.1. The van der Waals surface area contributed by atoms with Gasteiger partial charge in [0.15, 0.2) is 0 Å². The summed E-state index contributed by atoms with van der Waals surface area (Å²) in [6.45, 7) is 3.72. The second-order valence-electron chi connectivity index (χ2n) is 9.25. The molecule has 1 spiro atoms. The van der Waals surface area contributed by atoms with Gasteiger partial charge in [0.2, 0.25) is 5.91 Å². The molecule has 3 aliphatic rings. The highest BCUT2D eigenvalue weighted by molar-refractivity contribution is 6.13. The van der Waals surface area contributed by atoms with Crippen LogP contribution in [0.2, 0.25) is 0 Å². The first-order valence-corrected chi connectivity index (χ1v) is 10.9. The number of rotatable bonds is 5. The van der Waals surface area contributed by atoms with E-state index in [1.165, 1.54) is 6.33 Å². The van der Waals surface area contributed by atoms with Crippen LogP contribution >= 0.6 is 0 Å². The van der Waals surface area contributed by atoms with Gasteiger partial charge in [-0.15, -0.1) is 0 Å². The minimum atomic E-state index is -0.0952. The molecule has 3 fully saturated rings. The number of nitrogens with one attached hydrogen (secondary N) is 2. The minimum absolute atomic E-state index is 0.0523. The Kier molecular flexibility index (Phi) is 4.60. The van der Waals surface area contributed by atoms with Crippen LogP contribution in [0, 0.1) is 5.41 Å². The van der Waals surface area contributed by atoms with Crippen molar-refractivity contribution >= 4 is 23.1 Å². The summed E-state index contributed by atoms with van der Waals surface area (Å²) < 4.78 is 6.04. The molecular weight excluding hydrogens is 392 g/mol. The topological polar surface area (TPSA) is 117 Å². The number of nitrogens with zero attached hydrogens (tertiary/aromatic N) is 3. The highest BCUT2D eigenvalue weighted by Gasteiger charge is 2.41. The quantitative estimate of drug-likeness (QED) is 0.506. The first-order valence-electron chi connectivity index (χ1n) is 10.9. The first-order chi connectivity index (χ1) is 14.8. The second kappa shape index (κ2) is 7.21. The van der Waals surface area contributed by atoms with E-state index in [-0.39, 0.29) is 22.8 Å². The molecular formula is C23H28N6O2. The van der Waals surface area contributed by atoms with E-state index in [4.69, 9.17) is 15.9 Å². The summed E-state index contributed by atoms with van der Waals surface area (Å²) in [6, 6.07) is 7.32. The van der Waals surface area contributed by atoms with Crippen LogP contribution in [0.25, 0.3) is 0 Å². The van der Waals surface area contributed by atoms with Gasteiger partial charge in [-0.1, -0.05) is 0 Å². The van der Waals surface area contributed by atoms with Crippen LogP contribution in [0.15, 0.2) is 30.6 Å². The zero-order valence-electron chi connectivity index (χ0n) is 17.8. The molecule has 8 nitrogen and oxygen atoms in total. The van der Waals surface area contributed by atoms with E-state index in [1.807, 2.05) is 18.2 Å². The predicted octanol–water partition coefficient (Wildman–Crippen LogP) is 2.66. The van der Waals surface area contributed by atoms with Gasteiger partial charge < -0.3 is 20.7 Å². The molecule has 31 heavy (non-hydrogen) atoms. The van der Waals surface area contributed by atoms with Crippen LogP contribution in [-0.2, 0) is 4.79 Å². The van der Waals surface area contributed by atoms with Crippen LogP contribution in [0.4, 0.5) is 11.5 Å². The summed E-state index contributed by atoms with van der Waals surface area (Å²) in [4.78, 5) is 22.6. The summed E-state index contributed by atoms with van der Waals surface area (Å²) >= 11 is 0. The standard InChI is InChI=1S/C23H28N6O2/c1-22(6-7-22)31-15-2-3-17(24)16(12-15)21(25)18-13-19(27-14-26-18)29-10-8-23(9-11-29)5-4-20(30)28-23/h2-3,12-14,25H,4-11,24H2,1H3,(H,28,30). The molecule has 2 aromatic rings. The monoisotopic (exact) mass is 420 g/mol. The van der Waals surface area contributed by atoms with Gasteiger partial charge in [0, 0.05) is 42.4 Å². The summed E-state index contributed by atoms with van der Waals surface area (Å²) in [6.07, 6.45) is 6.93. The maximum atomic E-state index is 11.7. The fraction of sp³-hybridized carbons (Fsp3) is 0.478. The number of hydrogen-bond acceptors (Lipinski definition) is 7. The highest BCUT2D eigenvalue weighted by Crippen LogP contribution is 2.40. The molecule has 1 saturated carbocycles. The Morgan fingerprint density at radius 2 is 1.94 bits per heavy atom. The summed E-state index contributed by atoms with van der Waals surface area (Å²) in [5.74, 6) is 1.68. The highest BCUT2D eigenvalue weighted by atomic mass is 16.5. The number of nitrogens with two attached hydrogens (primary N) is 1. The van der Waals surface area contributed by atoms with Crippen molar-refractivity contribution in [2.24, 2.45) is 0 Å². The van der Waals surface area contributed by atoms with Gasteiger partial charge in [-0.25, -0.2) is 9.97 Å². The third-order valence-corrected chi connectivity index (χ3v) is 6.80. The van der Waals surface area contributed by atoms with Gasteiger partial charge >= 0.3 is 0 Å². The Hall–Kier alpha value is -3.16. The second-order valence-corrected chi connectivity index (χ2v) is 9.25. The minimum Gasteiger partial charge on any atom is -0.488 e. The number of ether oxygens (including phenoxy) is 1. The number of aromatic nitrogens is 2. The van der Waals surface area contributed by atoms with Crippen molar-refractivity contribution in [1.29, 1.82) is 5.41 Å². The van der Waals surface area contributed by atoms with Crippen molar-refractivity contribution < 1.29 is 9.53 Å². The number of nitrogen functional groups attached to an aromatic ring is 1. The van der Waals surface area contributed by atoms with Crippen molar-refractivity contribution in [2.45, 2.75) is 56.6 Å². The van der Waals surface area contributed by atoms with Crippen LogP contribution < -0.4 is 20.7 Å². The van der Waals surface area contributed by atoms with Crippen LogP contribution in [0.1, 0.15) is 56.7 Å². The Morgan fingerprint density at radius 3 is 2.61 bits per heavy atom. The number of benzene rings is 1. The fourth-order valence-electron chi connectivity index (χ4n) is 4.49. The Morgan fingerprint density at radius 1 is 1.16 bits per heavy atom. The molecule has 162 valence electrons. The molecule has 1 aromatic heterocycles. The van der Waals surface area contributed by atoms with E-state index in [1.54, 1.807) is 6.07 Å². The number of anilines is 2.